The van der Waals surface area contributed by atoms with Crippen LogP contribution in [0.25, 0.3) is 0 Å². The Morgan fingerprint density at radius 2 is 2.25 bits per heavy atom. The Morgan fingerprint density at radius 3 is 2.90 bits per heavy atom. The number of carboxylic acid groups (broad SMARTS) is 1. The van der Waals surface area contributed by atoms with E-state index in [-0.39, 0.29) is 18.5 Å². The van der Waals surface area contributed by atoms with Gasteiger partial charge >= 0.3 is 5.97 Å². The summed E-state index contributed by atoms with van der Waals surface area (Å²) in [5.41, 5.74) is 1.02. The van der Waals surface area contributed by atoms with Crippen molar-refractivity contribution in [3.05, 3.63) is 33.8 Å². The third kappa shape index (κ3) is 3.64. The van der Waals surface area contributed by atoms with Crippen LogP contribution in [0.15, 0.2) is 18.2 Å². The maximum Gasteiger partial charge on any atom is 0.305 e. The van der Waals surface area contributed by atoms with Crippen molar-refractivity contribution in [3.8, 4) is 0 Å². The topological polar surface area (TPSA) is 49.8 Å². The molecule has 1 N–H and O–H groups in total. The lowest BCUT2D eigenvalue weighted by molar-refractivity contribution is -0.140. The van der Waals surface area contributed by atoms with Crippen molar-refractivity contribution >= 4 is 29.2 Å². The van der Waals surface area contributed by atoms with Crippen molar-refractivity contribution in [2.45, 2.75) is 25.4 Å². The lowest BCUT2D eigenvalue weighted by Gasteiger charge is -2.39. The van der Waals surface area contributed by atoms with Crippen LogP contribution < -0.4 is 0 Å². The summed E-state index contributed by atoms with van der Waals surface area (Å²) in [5, 5.41) is 10.0. The van der Waals surface area contributed by atoms with Crippen LogP contribution in [0.3, 0.4) is 0 Å². The molecule has 6 heteroatoms. The molecule has 2 unspecified atom stereocenters. The predicted octanol–water partition coefficient (Wildman–Crippen LogP) is 3.23. The van der Waals surface area contributed by atoms with E-state index in [2.05, 4.69) is 4.90 Å². The Kier molecular flexibility index (Phi) is 5.27. The molecule has 1 fully saturated rings. The number of nitrogens with zero attached hydrogens (tertiary/aromatic N) is 1. The Balaban J connectivity index is 2.17. The summed E-state index contributed by atoms with van der Waals surface area (Å²) in [5.74, 6) is -0.813. The molecule has 0 aromatic heterocycles. The van der Waals surface area contributed by atoms with Gasteiger partial charge in [0.05, 0.1) is 29.7 Å². The van der Waals surface area contributed by atoms with Crippen LogP contribution in [0, 0.1) is 0 Å². The summed E-state index contributed by atoms with van der Waals surface area (Å²) in [7, 11) is 0. The Hall–Kier alpha value is -0.810. The van der Waals surface area contributed by atoms with Gasteiger partial charge in [0.1, 0.15) is 0 Å². The summed E-state index contributed by atoms with van der Waals surface area (Å²) in [6.07, 6.45) is 0.0751. The zero-order chi connectivity index (χ0) is 14.7. The summed E-state index contributed by atoms with van der Waals surface area (Å²) < 4.78 is 5.39. The highest BCUT2D eigenvalue weighted by molar-refractivity contribution is 6.42. The zero-order valence-electron chi connectivity index (χ0n) is 11.2. The second kappa shape index (κ2) is 6.76. The van der Waals surface area contributed by atoms with Crippen molar-refractivity contribution in [2.24, 2.45) is 0 Å². The molecular weight excluding hydrogens is 301 g/mol. The van der Waals surface area contributed by atoms with Crippen LogP contribution in [0.1, 0.15) is 24.9 Å². The molecular formula is C14H17Cl2NO3. The van der Waals surface area contributed by atoms with Crippen LogP contribution in [0.2, 0.25) is 10.0 Å². The van der Waals surface area contributed by atoms with Gasteiger partial charge in [0, 0.05) is 18.6 Å². The SMILES string of the molecule is CC(c1ccc(Cl)c(Cl)c1)N1CCOCC1CC(=O)O. The van der Waals surface area contributed by atoms with Gasteiger partial charge < -0.3 is 9.84 Å². The quantitative estimate of drug-likeness (QED) is 0.926. The van der Waals surface area contributed by atoms with Crippen LogP contribution in [-0.2, 0) is 9.53 Å². The van der Waals surface area contributed by atoms with E-state index >= 15 is 0 Å². The predicted molar refractivity (Wildman–Crippen MR) is 78.4 cm³/mol. The average molecular weight is 318 g/mol. The van der Waals surface area contributed by atoms with Gasteiger partial charge in [-0.1, -0.05) is 29.3 Å². The number of benzene rings is 1. The van der Waals surface area contributed by atoms with E-state index in [1.807, 2.05) is 19.1 Å². The first-order chi connectivity index (χ1) is 9.49. The third-order valence-electron chi connectivity index (χ3n) is 3.61. The Bertz CT molecular complexity index is 495. The van der Waals surface area contributed by atoms with Crippen molar-refractivity contribution in [1.29, 1.82) is 0 Å². The lowest BCUT2D eigenvalue weighted by Crippen LogP contribution is -2.47. The van der Waals surface area contributed by atoms with Crippen molar-refractivity contribution in [3.63, 3.8) is 0 Å². The second-order valence-corrected chi connectivity index (χ2v) is 5.73. The molecule has 1 heterocycles. The van der Waals surface area contributed by atoms with E-state index in [1.165, 1.54) is 0 Å². The second-order valence-electron chi connectivity index (χ2n) is 4.91. The van der Waals surface area contributed by atoms with E-state index in [0.717, 1.165) is 5.56 Å². The molecule has 1 saturated heterocycles. The molecule has 1 aliphatic heterocycles. The molecule has 0 bridgehead atoms. The number of carboxylic acids is 1. The van der Waals surface area contributed by atoms with Gasteiger partial charge in [0.15, 0.2) is 0 Å². The minimum Gasteiger partial charge on any atom is -0.481 e. The van der Waals surface area contributed by atoms with Gasteiger partial charge in [-0.05, 0) is 24.6 Å². The minimum absolute atomic E-state index is 0.0676. The summed E-state index contributed by atoms with van der Waals surface area (Å²) in [4.78, 5) is 13.1. The fraction of sp³-hybridized carbons (Fsp3) is 0.500. The zero-order valence-corrected chi connectivity index (χ0v) is 12.7. The number of hydrogen-bond acceptors (Lipinski definition) is 3. The standard InChI is InChI=1S/C14H17Cl2NO3/c1-9(10-2-3-12(15)13(16)6-10)17-4-5-20-8-11(17)7-14(18)19/h2-3,6,9,11H,4-5,7-8H2,1H3,(H,18,19). The van der Waals surface area contributed by atoms with Crippen molar-refractivity contribution < 1.29 is 14.6 Å². The van der Waals surface area contributed by atoms with Crippen LogP contribution in [0.5, 0.6) is 0 Å². The molecule has 20 heavy (non-hydrogen) atoms. The maximum atomic E-state index is 11.0. The monoisotopic (exact) mass is 317 g/mol. The highest BCUT2D eigenvalue weighted by Crippen LogP contribution is 2.30. The first-order valence-electron chi connectivity index (χ1n) is 6.49. The molecule has 0 radical (unpaired) electrons. The highest BCUT2D eigenvalue weighted by Gasteiger charge is 2.29. The Morgan fingerprint density at radius 1 is 1.50 bits per heavy atom. The first kappa shape index (κ1) is 15.6. The number of hydrogen-bond donors (Lipinski definition) is 1. The fourth-order valence-electron chi connectivity index (χ4n) is 2.52. The molecule has 0 amide bonds. The summed E-state index contributed by atoms with van der Waals surface area (Å²) >= 11 is 12.0. The van der Waals surface area contributed by atoms with Crippen molar-refractivity contribution in [1.82, 2.24) is 4.90 Å². The van der Waals surface area contributed by atoms with E-state index in [1.54, 1.807) is 6.07 Å². The van der Waals surface area contributed by atoms with Crippen LogP contribution in [-0.4, -0.2) is 41.8 Å². The van der Waals surface area contributed by atoms with E-state index < -0.39 is 5.97 Å². The normalized spacial score (nSPS) is 21.6. The van der Waals surface area contributed by atoms with Gasteiger partial charge in [-0.15, -0.1) is 0 Å². The maximum absolute atomic E-state index is 11.0. The first-order valence-corrected chi connectivity index (χ1v) is 7.25. The molecule has 1 aromatic carbocycles. The average Bonchev–Trinajstić information content (AvgIpc) is 2.41. The summed E-state index contributed by atoms with van der Waals surface area (Å²) in [6.45, 7) is 3.80. The molecule has 4 nitrogen and oxygen atoms in total. The number of rotatable bonds is 4. The number of carbonyl (C=O) groups is 1. The summed E-state index contributed by atoms with van der Waals surface area (Å²) in [6, 6.07) is 5.47. The molecule has 2 rings (SSSR count). The van der Waals surface area contributed by atoms with Crippen LogP contribution in [0.4, 0.5) is 0 Å². The molecule has 2 atom stereocenters. The van der Waals surface area contributed by atoms with E-state index in [4.69, 9.17) is 33.0 Å². The number of ether oxygens (including phenoxy) is 1. The van der Waals surface area contributed by atoms with Gasteiger partial charge in [0.25, 0.3) is 0 Å². The molecule has 1 aliphatic rings. The minimum atomic E-state index is -0.813. The third-order valence-corrected chi connectivity index (χ3v) is 4.35. The number of aliphatic carboxylic acids is 1. The van der Waals surface area contributed by atoms with E-state index in [0.29, 0.717) is 29.8 Å². The van der Waals surface area contributed by atoms with Crippen molar-refractivity contribution in [2.75, 3.05) is 19.8 Å². The van der Waals surface area contributed by atoms with E-state index in [9.17, 15) is 4.79 Å². The lowest BCUT2D eigenvalue weighted by atomic mass is 10.0. The smallest absolute Gasteiger partial charge is 0.305 e. The van der Waals surface area contributed by atoms with Gasteiger partial charge in [-0.25, -0.2) is 0 Å². The van der Waals surface area contributed by atoms with Gasteiger partial charge in [-0.3, -0.25) is 9.69 Å². The highest BCUT2D eigenvalue weighted by atomic mass is 35.5. The Labute approximate surface area is 128 Å². The van der Waals surface area contributed by atoms with Gasteiger partial charge in [0.2, 0.25) is 0 Å². The van der Waals surface area contributed by atoms with Crippen LogP contribution >= 0.6 is 23.2 Å². The van der Waals surface area contributed by atoms with Gasteiger partial charge in [-0.2, -0.15) is 0 Å². The number of morpholine rings is 1. The number of halogens is 2. The fourth-order valence-corrected chi connectivity index (χ4v) is 2.83. The largest absolute Gasteiger partial charge is 0.481 e. The molecule has 0 aliphatic carbocycles. The molecule has 0 saturated carbocycles. The molecule has 0 spiro atoms. The molecule has 110 valence electrons. The molecule has 1 aromatic rings.